The Kier molecular flexibility index (Phi) is 7.51. The van der Waals surface area contributed by atoms with Crippen molar-refractivity contribution in [1.29, 1.82) is 0 Å². The minimum absolute atomic E-state index is 0.0131. The van der Waals surface area contributed by atoms with Crippen LogP contribution in [-0.2, 0) is 14.3 Å². The molecule has 9 atom stereocenters. The van der Waals surface area contributed by atoms with E-state index in [4.69, 9.17) is 4.74 Å². The quantitative estimate of drug-likeness (QED) is 0.179. The number of aliphatic hydroxyl groups is 1. The van der Waals surface area contributed by atoms with Gasteiger partial charge in [0.2, 0.25) is 0 Å². The van der Waals surface area contributed by atoms with Crippen molar-refractivity contribution in [1.82, 2.24) is 0 Å². The number of aliphatic carboxylic acids is 1. The predicted molar refractivity (Wildman–Crippen MR) is 175 cm³/mol. The normalized spacial score (nSPS) is 43.2. The Labute approximate surface area is 269 Å². The number of phenolic OH excluding ortho intramolecular Hbond substituents is 1. The van der Waals surface area contributed by atoms with Gasteiger partial charge >= 0.3 is 11.9 Å². The number of hydrogen-bond donors (Lipinski definition) is 3. The van der Waals surface area contributed by atoms with E-state index in [2.05, 4.69) is 54.5 Å². The summed E-state index contributed by atoms with van der Waals surface area (Å²) in [7, 11) is 0. The van der Waals surface area contributed by atoms with Gasteiger partial charge < -0.3 is 20.1 Å². The molecule has 0 bridgehead atoms. The van der Waals surface area contributed by atoms with Crippen molar-refractivity contribution in [2.24, 2.45) is 50.2 Å². The van der Waals surface area contributed by atoms with Crippen molar-refractivity contribution >= 4 is 18.0 Å². The zero-order valence-corrected chi connectivity index (χ0v) is 28.4. The Morgan fingerprint density at radius 1 is 0.889 bits per heavy atom. The van der Waals surface area contributed by atoms with Crippen molar-refractivity contribution in [2.45, 2.75) is 118 Å². The smallest absolute Gasteiger partial charge is 0.331 e. The van der Waals surface area contributed by atoms with Gasteiger partial charge in [-0.3, -0.25) is 4.79 Å². The highest BCUT2D eigenvalue weighted by atomic mass is 16.6. The van der Waals surface area contributed by atoms with E-state index in [-0.39, 0.29) is 39.2 Å². The molecule has 5 aliphatic rings. The average molecular weight is 619 g/mol. The lowest BCUT2D eigenvalue weighted by Crippen LogP contribution is -2.67. The molecule has 1 aromatic rings. The zero-order valence-electron chi connectivity index (χ0n) is 28.4. The molecule has 0 spiro atoms. The van der Waals surface area contributed by atoms with Crippen LogP contribution in [0.1, 0.15) is 112 Å². The number of carboxylic acid groups (broad SMARTS) is 1. The van der Waals surface area contributed by atoms with Gasteiger partial charge in [0, 0.05) is 11.5 Å². The topological polar surface area (TPSA) is 104 Å². The van der Waals surface area contributed by atoms with E-state index in [1.165, 1.54) is 11.6 Å². The molecule has 0 saturated heterocycles. The van der Waals surface area contributed by atoms with Crippen LogP contribution in [0.5, 0.6) is 5.75 Å². The summed E-state index contributed by atoms with van der Waals surface area (Å²) in [5, 5.41) is 31.9. The second-order valence-electron chi connectivity index (χ2n) is 17.6. The third kappa shape index (κ3) is 4.74. The van der Waals surface area contributed by atoms with Gasteiger partial charge in [-0.1, -0.05) is 72.2 Å². The van der Waals surface area contributed by atoms with E-state index >= 15 is 0 Å². The molecule has 6 nitrogen and oxygen atoms in total. The van der Waals surface area contributed by atoms with Crippen LogP contribution in [0.25, 0.3) is 6.08 Å². The number of phenols is 1. The fourth-order valence-corrected chi connectivity index (χ4v) is 11.9. The van der Waals surface area contributed by atoms with Gasteiger partial charge in [-0.2, -0.15) is 0 Å². The zero-order chi connectivity index (χ0) is 32.8. The molecular weight excluding hydrogens is 564 g/mol. The molecule has 0 aliphatic heterocycles. The summed E-state index contributed by atoms with van der Waals surface area (Å²) in [6.07, 6.45) is 12.0. The van der Waals surface area contributed by atoms with Crippen LogP contribution in [0.4, 0.5) is 0 Å². The fourth-order valence-electron chi connectivity index (χ4n) is 11.9. The SMILES string of the molecule is CC1(C)CC[C@@]2(C(=O)O)CC[C@]3(C)C(=CC[C@@H]4[C@@]5(C)C[C@@H](O)[C@H](OC(=O)C=Cc6ccc(O)cc6)C(C)(C)[C@@H]5CC[C@]43C)[C@@H]2C1. The maximum Gasteiger partial charge on any atom is 0.331 e. The summed E-state index contributed by atoms with van der Waals surface area (Å²) in [6.45, 7) is 16.3. The van der Waals surface area contributed by atoms with Crippen molar-refractivity contribution < 1.29 is 29.6 Å². The van der Waals surface area contributed by atoms with E-state index in [1.807, 2.05) is 0 Å². The number of esters is 1. The molecule has 0 radical (unpaired) electrons. The molecule has 45 heavy (non-hydrogen) atoms. The molecule has 4 saturated carbocycles. The van der Waals surface area contributed by atoms with Crippen molar-refractivity contribution in [3.63, 3.8) is 0 Å². The Balaban J connectivity index is 1.29. The van der Waals surface area contributed by atoms with Gasteiger partial charge in [-0.15, -0.1) is 0 Å². The number of carbonyl (C=O) groups is 2. The Morgan fingerprint density at radius 3 is 2.22 bits per heavy atom. The van der Waals surface area contributed by atoms with Crippen LogP contribution < -0.4 is 0 Å². The summed E-state index contributed by atoms with van der Waals surface area (Å²) in [5.74, 6) is -0.230. The van der Waals surface area contributed by atoms with Gasteiger partial charge in [0.05, 0.1) is 11.5 Å². The van der Waals surface area contributed by atoms with E-state index in [0.717, 1.165) is 56.9 Å². The molecule has 1 aromatic carbocycles. The molecule has 0 unspecified atom stereocenters. The summed E-state index contributed by atoms with van der Waals surface area (Å²) >= 11 is 0. The molecule has 6 heteroatoms. The first-order valence-corrected chi connectivity index (χ1v) is 17.2. The number of rotatable bonds is 4. The van der Waals surface area contributed by atoms with Crippen LogP contribution in [0.15, 0.2) is 42.0 Å². The largest absolute Gasteiger partial charge is 0.508 e. The molecule has 0 amide bonds. The highest BCUT2D eigenvalue weighted by Gasteiger charge is 2.70. The van der Waals surface area contributed by atoms with E-state index < -0.39 is 35.0 Å². The second kappa shape index (κ2) is 10.5. The minimum atomic E-state index is -0.780. The van der Waals surface area contributed by atoms with E-state index in [0.29, 0.717) is 12.3 Å². The summed E-state index contributed by atoms with van der Waals surface area (Å²) in [6, 6.07) is 6.62. The van der Waals surface area contributed by atoms with Gasteiger partial charge in [0.1, 0.15) is 11.9 Å². The number of aromatic hydroxyl groups is 1. The summed E-state index contributed by atoms with van der Waals surface area (Å²) < 4.78 is 6.04. The third-order valence-electron chi connectivity index (χ3n) is 14.5. The predicted octanol–water partition coefficient (Wildman–Crippen LogP) is 8.17. The highest BCUT2D eigenvalue weighted by molar-refractivity contribution is 5.87. The van der Waals surface area contributed by atoms with Gasteiger partial charge in [-0.05, 0) is 121 Å². The van der Waals surface area contributed by atoms with Crippen molar-refractivity contribution in [2.75, 3.05) is 0 Å². The number of aliphatic hydroxyl groups excluding tert-OH is 1. The Hall–Kier alpha value is -2.60. The average Bonchev–Trinajstić information content (AvgIpc) is 2.94. The van der Waals surface area contributed by atoms with E-state index in [9.17, 15) is 24.9 Å². The number of carbonyl (C=O) groups excluding carboxylic acids is 1. The third-order valence-corrected chi connectivity index (χ3v) is 14.5. The van der Waals surface area contributed by atoms with Crippen LogP contribution >= 0.6 is 0 Å². The number of ether oxygens (including phenoxy) is 1. The van der Waals surface area contributed by atoms with E-state index in [1.54, 1.807) is 30.3 Å². The number of benzene rings is 1. The maximum absolute atomic E-state index is 13.0. The molecule has 0 heterocycles. The Morgan fingerprint density at radius 2 is 1.56 bits per heavy atom. The first-order chi connectivity index (χ1) is 20.9. The minimum Gasteiger partial charge on any atom is -0.508 e. The van der Waals surface area contributed by atoms with Crippen LogP contribution in [0, 0.1) is 50.2 Å². The molecule has 5 aliphatic carbocycles. The van der Waals surface area contributed by atoms with Crippen LogP contribution in [-0.4, -0.2) is 39.5 Å². The fraction of sp³-hybridized carbons (Fsp3) is 0.692. The van der Waals surface area contributed by atoms with Crippen LogP contribution in [0.2, 0.25) is 0 Å². The Bertz CT molecular complexity index is 1420. The molecule has 0 aromatic heterocycles. The molecule has 4 fully saturated rings. The first-order valence-electron chi connectivity index (χ1n) is 17.2. The number of fused-ring (bicyclic) bond motifs is 7. The van der Waals surface area contributed by atoms with Crippen LogP contribution in [0.3, 0.4) is 0 Å². The van der Waals surface area contributed by atoms with Crippen molar-refractivity contribution in [3.8, 4) is 5.75 Å². The number of allylic oxidation sites excluding steroid dienone is 2. The maximum atomic E-state index is 13.0. The standard InChI is InChI=1S/C39H54O6/c1-34(2)18-20-39(33(43)44)21-19-37(6)26(27(39)22-34)13-14-30-36(5)23-28(41)32(35(3,4)29(36)16-17-38(30,37)7)45-31(42)15-10-24-8-11-25(40)12-9-24/h8-13,15,27-30,32,40-41H,14,16-23H2,1-7H3,(H,43,44)/t27-,28+,29-,30+,32-,36-,37+,38+,39+/m0/s1. The second-order valence-corrected chi connectivity index (χ2v) is 17.6. The summed E-state index contributed by atoms with van der Waals surface area (Å²) in [4.78, 5) is 26.0. The lowest BCUT2D eigenvalue weighted by molar-refractivity contribution is -0.238. The molecular formula is C39H54O6. The lowest BCUT2D eigenvalue weighted by atomic mass is 9.33. The van der Waals surface area contributed by atoms with Crippen molar-refractivity contribution in [3.05, 3.63) is 47.6 Å². The van der Waals surface area contributed by atoms with Gasteiger partial charge in [0.15, 0.2) is 0 Å². The molecule has 6 rings (SSSR count). The molecule has 3 N–H and O–H groups in total. The molecule has 246 valence electrons. The summed E-state index contributed by atoms with van der Waals surface area (Å²) in [5.41, 5.74) is 0.991. The monoisotopic (exact) mass is 618 g/mol. The highest BCUT2D eigenvalue weighted by Crippen LogP contribution is 2.75. The number of carboxylic acids is 1. The van der Waals surface area contributed by atoms with Gasteiger partial charge in [-0.25, -0.2) is 4.79 Å². The van der Waals surface area contributed by atoms with Gasteiger partial charge in [0.25, 0.3) is 0 Å². The lowest BCUT2D eigenvalue weighted by Gasteiger charge is -2.71. The number of hydrogen-bond acceptors (Lipinski definition) is 5. The first kappa shape index (κ1) is 32.3.